The first kappa shape index (κ1) is 13.3. The predicted molar refractivity (Wildman–Crippen MR) is 92.5 cm³/mol. The molecule has 6 heteroatoms. The Morgan fingerprint density at radius 2 is 1.33 bits per heavy atom. The summed E-state index contributed by atoms with van der Waals surface area (Å²) in [5, 5.41) is 3.59. The first-order chi connectivity index (χ1) is 11.7. The highest BCUT2D eigenvalue weighted by atomic mass is 32.1. The third-order valence-corrected chi connectivity index (χ3v) is 5.13. The third kappa shape index (κ3) is 1.80. The summed E-state index contributed by atoms with van der Waals surface area (Å²) in [6.45, 7) is 0. The van der Waals surface area contributed by atoms with Gasteiger partial charge in [-0.25, -0.2) is 9.59 Å². The maximum absolute atomic E-state index is 11.6. The van der Waals surface area contributed by atoms with Gasteiger partial charge in [-0.3, -0.25) is 0 Å². The van der Waals surface area contributed by atoms with Gasteiger partial charge in [-0.15, -0.1) is 11.3 Å². The normalized spacial score (nSPS) is 11.7. The number of hydrogen-bond donors (Lipinski definition) is 0. The van der Waals surface area contributed by atoms with Crippen LogP contribution in [0, 0.1) is 0 Å². The molecule has 0 amide bonds. The smallest absolute Gasteiger partial charge is 0.394 e. The topological polar surface area (TPSA) is 73.6 Å². The van der Waals surface area contributed by atoms with Crippen molar-refractivity contribution in [3.63, 3.8) is 0 Å². The van der Waals surface area contributed by atoms with Crippen LogP contribution in [0.1, 0.15) is 0 Å². The Labute approximate surface area is 137 Å². The molecule has 5 aromatic rings. The molecule has 5 rings (SSSR count). The van der Waals surface area contributed by atoms with E-state index in [0.29, 0.717) is 16.6 Å². The summed E-state index contributed by atoms with van der Waals surface area (Å²) in [4.78, 5) is 23.2. The van der Waals surface area contributed by atoms with Gasteiger partial charge in [0.1, 0.15) is 11.2 Å². The Hall–Kier alpha value is -3.12. The molecule has 0 bridgehead atoms. The summed E-state index contributed by atoms with van der Waals surface area (Å²) in [5.41, 5.74) is 0.617. The Bertz CT molecular complexity index is 1360. The lowest BCUT2D eigenvalue weighted by atomic mass is 10.0. The lowest BCUT2D eigenvalue weighted by molar-refractivity contribution is 0.265. The molecule has 2 heterocycles. The zero-order chi connectivity index (χ0) is 16.3. The molecule has 0 aliphatic rings. The Balaban J connectivity index is 2.21. The molecule has 0 N–H and O–H groups in total. The van der Waals surface area contributed by atoms with E-state index in [1.165, 1.54) is 0 Å². The Kier molecular flexibility index (Phi) is 2.60. The average molecular weight is 336 g/mol. The lowest BCUT2D eigenvalue weighted by Crippen LogP contribution is -2.05. The van der Waals surface area contributed by atoms with Crippen LogP contribution < -0.4 is 11.6 Å². The molecule has 2 aromatic heterocycles. The summed E-state index contributed by atoms with van der Waals surface area (Å²) in [5.74, 6) is -2.20. The molecule has 24 heavy (non-hydrogen) atoms. The minimum Gasteiger partial charge on any atom is -0.394 e. The van der Waals surface area contributed by atoms with Crippen LogP contribution in [0.2, 0.25) is 0 Å². The molecule has 0 unspecified atom stereocenters. The van der Waals surface area contributed by atoms with Gasteiger partial charge in [-0.05, 0) is 41.1 Å². The van der Waals surface area contributed by atoms with Crippen LogP contribution in [0.4, 0.5) is 0 Å². The summed E-state index contributed by atoms with van der Waals surface area (Å²) in [7, 11) is 0. The SMILES string of the molecule is O=c1oc(=O)oc2ccc3c4ccccc4sc4ccc(o1)c2c43. The van der Waals surface area contributed by atoms with Crippen LogP contribution in [0.15, 0.2) is 71.4 Å². The van der Waals surface area contributed by atoms with E-state index in [1.807, 2.05) is 30.3 Å². The van der Waals surface area contributed by atoms with Crippen molar-refractivity contribution in [3.05, 3.63) is 69.8 Å². The molecule has 5 nitrogen and oxygen atoms in total. The van der Waals surface area contributed by atoms with E-state index in [0.717, 1.165) is 25.6 Å². The van der Waals surface area contributed by atoms with Crippen molar-refractivity contribution < 1.29 is 13.3 Å². The van der Waals surface area contributed by atoms with Gasteiger partial charge in [0.25, 0.3) is 0 Å². The highest BCUT2D eigenvalue weighted by Gasteiger charge is 2.13. The van der Waals surface area contributed by atoms with Crippen LogP contribution in [-0.4, -0.2) is 0 Å². The van der Waals surface area contributed by atoms with Crippen molar-refractivity contribution in [2.75, 3.05) is 0 Å². The second-order valence-corrected chi connectivity index (χ2v) is 6.41. The molecular formula is C18H8O5S. The zero-order valence-electron chi connectivity index (χ0n) is 12.1. The maximum Gasteiger partial charge on any atom is 0.524 e. The first-order valence-corrected chi connectivity index (χ1v) is 8.01. The van der Waals surface area contributed by atoms with Gasteiger partial charge in [0.2, 0.25) is 0 Å². The van der Waals surface area contributed by atoms with Gasteiger partial charge in [0.05, 0.1) is 5.39 Å². The maximum atomic E-state index is 11.6. The van der Waals surface area contributed by atoms with Crippen molar-refractivity contribution >= 4 is 53.4 Å². The number of fused-ring (bicyclic) bond motifs is 2. The molecule has 0 fully saturated rings. The number of benzene rings is 3. The van der Waals surface area contributed by atoms with Crippen LogP contribution in [0.25, 0.3) is 42.1 Å². The molecule has 116 valence electrons. The van der Waals surface area contributed by atoms with Crippen molar-refractivity contribution in [2.45, 2.75) is 0 Å². The van der Waals surface area contributed by atoms with Crippen LogP contribution >= 0.6 is 11.3 Å². The van der Waals surface area contributed by atoms with Crippen molar-refractivity contribution in [2.24, 2.45) is 0 Å². The first-order valence-electron chi connectivity index (χ1n) is 7.19. The zero-order valence-corrected chi connectivity index (χ0v) is 12.9. The fourth-order valence-electron chi connectivity index (χ4n) is 3.07. The molecule has 0 aliphatic heterocycles. The van der Waals surface area contributed by atoms with Gasteiger partial charge >= 0.3 is 11.6 Å². The number of hydrogen-bond acceptors (Lipinski definition) is 6. The van der Waals surface area contributed by atoms with Gasteiger partial charge < -0.3 is 13.3 Å². The van der Waals surface area contributed by atoms with E-state index in [-0.39, 0.29) is 0 Å². The van der Waals surface area contributed by atoms with E-state index in [4.69, 9.17) is 8.83 Å². The van der Waals surface area contributed by atoms with Crippen molar-refractivity contribution in [1.29, 1.82) is 0 Å². The highest BCUT2D eigenvalue weighted by molar-refractivity contribution is 7.25. The average Bonchev–Trinajstić information content (AvgIpc) is 2.56. The fourth-order valence-corrected chi connectivity index (χ4v) is 4.19. The molecule has 0 spiro atoms. The quantitative estimate of drug-likeness (QED) is 0.309. The van der Waals surface area contributed by atoms with Gasteiger partial charge in [-0.2, -0.15) is 0 Å². The fraction of sp³-hybridized carbons (Fsp3) is 0. The largest absolute Gasteiger partial charge is 0.524 e. The molecule has 0 radical (unpaired) electrons. The minimum atomic E-state index is -1.10. The van der Waals surface area contributed by atoms with Crippen molar-refractivity contribution in [3.8, 4) is 0 Å². The molecule has 0 atom stereocenters. The van der Waals surface area contributed by atoms with Crippen LogP contribution in [-0.2, 0) is 0 Å². The summed E-state index contributed by atoms with van der Waals surface area (Å²) in [6.07, 6.45) is 0. The summed E-state index contributed by atoms with van der Waals surface area (Å²) >= 11 is 1.63. The van der Waals surface area contributed by atoms with Gasteiger partial charge in [0.15, 0.2) is 0 Å². The summed E-state index contributed by atoms with van der Waals surface area (Å²) in [6, 6.07) is 15.3. The third-order valence-electron chi connectivity index (χ3n) is 4.00. The van der Waals surface area contributed by atoms with E-state index in [1.54, 1.807) is 23.5 Å². The predicted octanol–water partition coefficient (Wildman–Crippen LogP) is 4.42. The standard InChI is InChI=1S/C18H8O5S/c19-17-21-11-6-5-10-9-3-1-2-4-13(9)24-14-8-7-12(16(11)15(10)14)22-18(20)23-17/h1-8H. The lowest BCUT2D eigenvalue weighted by Gasteiger charge is -2.09. The van der Waals surface area contributed by atoms with E-state index in [9.17, 15) is 9.59 Å². The highest BCUT2D eigenvalue weighted by Crippen LogP contribution is 2.39. The molecule has 0 saturated heterocycles. The Morgan fingerprint density at radius 1 is 0.625 bits per heavy atom. The minimum absolute atomic E-state index is 0.308. The molecular weight excluding hydrogens is 328 g/mol. The van der Waals surface area contributed by atoms with E-state index < -0.39 is 11.6 Å². The van der Waals surface area contributed by atoms with Crippen LogP contribution in [0.3, 0.4) is 0 Å². The van der Waals surface area contributed by atoms with Crippen molar-refractivity contribution in [1.82, 2.24) is 0 Å². The van der Waals surface area contributed by atoms with Crippen LogP contribution in [0.5, 0.6) is 0 Å². The molecule has 0 saturated carbocycles. The molecule has 0 aliphatic carbocycles. The second kappa shape index (κ2) is 4.69. The molecule has 3 aromatic carbocycles. The monoisotopic (exact) mass is 336 g/mol. The van der Waals surface area contributed by atoms with Gasteiger partial charge in [-0.1, -0.05) is 18.2 Å². The number of rotatable bonds is 0. The second-order valence-electron chi connectivity index (χ2n) is 5.33. The Morgan fingerprint density at radius 3 is 2.12 bits per heavy atom. The van der Waals surface area contributed by atoms with Gasteiger partial charge in [0, 0.05) is 14.8 Å². The van der Waals surface area contributed by atoms with E-state index in [2.05, 4.69) is 10.5 Å². The van der Waals surface area contributed by atoms with E-state index >= 15 is 0 Å². The summed E-state index contributed by atoms with van der Waals surface area (Å²) < 4.78 is 16.9.